The van der Waals surface area contributed by atoms with Gasteiger partial charge < -0.3 is 10.4 Å². The van der Waals surface area contributed by atoms with Crippen molar-refractivity contribution in [3.05, 3.63) is 95.1 Å². The van der Waals surface area contributed by atoms with E-state index in [0.29, 0.717) is 17.7 Å². The number of aliphatic carboxylic acids is 1. The van der Waals surface area contributed by atoms with Gasteiger partial charge >= 0.3 is 18.3 Å². The van der Waals surface area contributed by atoms with E-state index in [2.05, 4.69) is 5.32 Å². The molecule has 1 atom stereocenters. The normalized spacial score (nSPS) is 12.7. The van der Waals surface area contributed by atoms with Crippen LogP contribution in [-0.2, 0) is 34.8 Å². The van der Waals surface area contributed by atoms with Gasteiger partial charge in [0, 0.05) is 6.42 Å². The van der Waals surface area contributed by atoms with Crippen LogP contribution >= 0.6 is 0 Å². The Morgan fingerprint density at radius 3 is 1.74 bits per heavy atom. The number of carboxylic acid groups (broad SMARTS) is 1. The van der Waals surface area contributed by atoms with Gasteiger partial charge in [-0.25, -0.2) is 4.79 Å². The number of benzene rings is 3. The maximum Gasteiger partial charge on any atom is 0.416 e. The Balaban J connectivity index is 1.73. The lowest BCUT2D eigenvalue weighted by atomic mass is 10.00. The lowest BCUT2D eigenvalue weighted by Gasteiger charge is -2.17. The number of carbonyl (C=O) groups is 2. The van der Waals surface area contributed by atoms with Crippen LogP contribution in [0, 0.1) is 0 Å². The summed E-state index contributed by atoms with van der Waals surface area (Å²) in [4.78, 5) is 24.0. The number of halogens is 6. The number of rotatable bonds is 7. The lowest BCUT2D eigenvalue weighted by molar-refractivity contribution is -0.143. The topological polar surface area (TPSA) is 66.4 Å². The fraction of sp³-hybridized carbons (Fsp3) is 0.200. The van der Waals surface area contributed by atoms with Crippen LogP contribution in [-0.4, -0.2) is 23.0 Å². The zero-order valence-electron chi connectivity index (χ0n) is 18.0. The first-order valence-electron chi connectivity index (χ1n) is 10.3. The van der Waals surface area contributed by atoms with Gasteiger partial charge in [-0.15, -0.1) is 0 Å². The highest BCUT2D eigenvalue weighted by molar-refractivity contribution is 5.85. The molecule has 0 aromatic heterocycles. The largest absolute Gasteiger partial charge is 0.480 e. The van der Waals surface area contributed by atoms with Gasteiger partial charge in [0.25, 0.3) is 0 Å². The number of amides is 1. The Morgan fingerprint density at radius 2 is 1.26 bits per heavy atom. The first kappa shape index (κ1) is 25.8. The fourth-order valence-corrected chi connectivity index (χ4v) is 3.45. The van der Waals surface area contributed by atoms with Crippen LogP contribution in [0.5, 0.6) is 0 Å². The SMILES string of the molecule is O=C(Cc1cc(C(F)(F)F)cc(C(F)(F)F)c1)N[C@H](Cc1ccc(-c2ccccc2)cc1)C(=O)O. The molecule has 0 unspecified atom stereocenters. The van der Waals surface area contributed by atoms with Crippen LogP contribution < -0.4 is 5.32 Å². The van der Waals surface area contributed by atoms with Crippen LogP contribution in [0.15, 0.2) is 72.8 Å². The van der Waals surface area contributed by atoms with Crippen molar-refractivity contribution in [3.63, 3.8) is 0 Å². The average Bonchev–Trinajstić information content (AvgIpc) is 2.78. The number of hydrogen-bond acceptors (Lipinski definition) is 2. The summed E-state index contributed by atoms with van der Waals surface area (Å²) < 4.78 is 78.1. The highest BCUT2D eigenvalue weighted by Crippen LogP contribution is 2.36. The van der Waals surface area contributed by atoms with Gasteiger partial charge in [0.1, 0.15) is 6.04 Å². The van der Waals surface area contributed by atoms with Crippen molar-refractivity contribution >= 4 is 11.9 Å². The number of nitrogens with one attached hydrogen (secondary N) is 1. The summed E-state index contributed by atoms with van der Waals surface area (Å²) in [7, 11) is 0. The predicted octanol–water partition coefficient (Wildman–Crippen LogP) is 5.75. The Morgan fingerprint density at radius 1 is 0.743 bits per heavy atom. The Hall–Kier alpha value is -3.82. The minimum atomic E-state index is -5.05. The molecule has 0 heterocycles. The second-order valence-corrected chi connectivity index (χ2v) is 7.82. The van der Waals surface area contributed by atoms with Crippen LogP contribution in [0.1, 0.15) is 22.3 Å². The molecule has 1 amide bonds. The molecule has 0 aliphatic carbocycles. The van der Waals surface area contributed by atoms with E-state index < -0.39 is 53.4 Å². The molecule has 0 aliphatic heterocycles. The number of carboxylic acids is 1. The van der Waals surface area contributed by atoms with E-state index in [-0.39, 0.29) is 12.5 Å². The fourth-order valence-electron chi connectivity index (χ4n) is 3.45. The molecule has 0 spiro atoms. The van der Waals surface area contributed by atoms with E-state index in [1.165, 1.54) is 0 Å². The second-order valence-electron chi connectivity index (χ2n) is 7.82. The van der Waals surface area contributed by atoms with Crippen LogP contribution in [0.3, 0.4) is 0 Å². The third-order valence-corrected chi connectivity index (χ3v) is 5.15. The number of alkyl halides is 6. The maximum absolute atomic E-state index is 13.0. The Bertz CT molecular complexity index is 1160. The van der Waals surface area contributed by atoms with Gasteiger partial charge in [-0.1, -0.05) is 54.6 Å². The van der Waals surface area contributed by atoms with Crippen molar-refractivity contribution in [2.75, 3.05) is 0 Å². The Labute approximate surface area is 196 Å². The molecule has 0 saturated carbocycles. The van der Waals surface area contributed by atoms with E-state index in [4.69, 9.17) is 0 Å². The van der Waals surface area contributed by atoms with E-state index in [9.17, 15) is 41.0 Å². The third-order valence-electron chi connectivity index (χ3n) is 5.15. The van der Waals surface area contributed by atoms with Crippen molar-refractivity contribution in [2.24, 2.45) is 0 Å². The van der Waals surface area contributed by atoms with Gasteiger partial charge in [-0.2, -0.15) is 26.3 Å². The molecular formula is C25H19F6NO3. The molecule has 0 radical (unpaired) electrons. The molecule has 184 valence electrons. The quantitative estimate of drug-likeness (QED) is 0.411. The van der Waals surface area contributed by atoms with Crippen molar-refractivity contribution in [3.8, 4) is 11.1 Å². The van der Waals surface area contributed by atoms with Crippen molar-refractivity contribution in [1.29, 1.82) is 0 Å². The van der Waals surface area contributed by atoms with Crippen LogP contribution in [0.25, 0.3) is 11.1 Å². The van der Waals surface area contributed by atoms with E-state index >= 15 is 0 Å². The minimum absolute atomic E-state index is 0.0411. The average molecular weight is 495 g/mol. The second kappa shape index (κ2) is 10.2. The summed E-state index contributed by atoms with van der Waals surface area (Å²) in [5.74, 6) is -2.42. The molecule has 2 N–H and O–H groups in total. The molecule has 0 saturated heterocycles. The summed E-state index contributed by atoms with van der Waals surface area (Å²) in [5.41, 5.74) is -1.25. The van der Waals surface area contributed by atoms with Gasteiger partial charge in [0.05, 0.1) is 17.5 Å². The smallest absolute Gasteiger partial charge is 0.416 e. The maximum atomic E-state index is 13.0. The molecule has 0 bridgehead atoms. The molecule has 3 aromatic carbocycles. The molecule has 0 fully saturated rings. The molecule has 10 heteroatoms. The van der Waals surface area contributed by atoms with E-state index in [0.717, 1.165) is 11.1 Å². The molecule has 3 rings (SSSR count). The van der Waals surface area contributed by atoms with Gasteiger partial charge in [0.2, 0.25) is 5.91 Å². The van der Waals surface area contributed by atoms with Crippen LogP contribution in [0.2, 0.25) is 0 Å². The first-order chi connectivity index (χ1) is 16.3. The van der Waals surface area contributed by atoms with Gasteiger partial charge in [0.15, 0.2) is 0 Å². The van der Waals surface area contributed by atoms with Crippen LogP contribution in [0.4, 0.5) is 26.3 Å². The summed E-state index contributed by atoms with van der Waals surface area (Å²) in [6, 6.07) is 15.7. The molecule has 4 nitrogen and oxygen atoms in total. The predicted molar refractivity (Wildman–Crippen MR) is 115 cm³/mol. The van der Waals surface area contributed by atoms with E-state index in [1.807, 2.05) is 30.3 Å². The molecular weight excluding hydrogens is 476 g/mol. The number of hydrogen-bond donors (Lipinski definition) is 2. The zero-order valence-corrected chi connectivity index (χ0v) is 18.0. The summed E-state index contributed by atoms with van der Waals surface area (Å²) >= 11 is 0. The zero-order chi connectivity index (χ0) is 25.8. The molecule has 35 heavy (non-hydrogen) atoms. The van der Waals surface area contributed by atoms with E-state index in [1.54, 1.807) is 24.3 Å². The van der Waals surface area contributed by atoms with Crippen molar-refractivity contribution < 1.29 is 41.0 Å². The lowest BCUT2D eigenvalue weighted by Crippen LogP contribution is -2.43. The third kappa shape index (κ3) is 7.08. The monoisotopic (exact) mass is 495 g/mol. The standard InChI is InChI=1S/C25H19F6NO3/c26-24(27,28)19-10-16(11-20(14-19)25(29,30)31)13-22(33)32-21(23(34)35)12-15-6-8-18(9-7-15)17-4-2-1-3-5-17/h1-11,14,21H,12-13H2,(H,32,33)(H,34,35)/t21-/m1/s1. The highest BCUT2D eigenvalue weighted by Gasteiger charge is 2.37. The Kier molecular flexibility index (Phi) is 7.52. The highest BCUT2D eigenvalue weighted by atomic mass is 19.4. The first-order valence-corrected chi connectivity index (χ1v) is 10.3. The number of carbonyl (C=O) groups excluding carboxylic acids is 1. The van der Waals surface area contributed by atoms with Gasteiger partial charge in [-0.3, -0.25) is 4.79 Å². The van der Waals surface area contributed by atoms with Crippen molar-refractivity contribution in [2.45, 2.75) is 31.2 Å². The summed E-state index contributed by atoms with van der Waals surface area (Å²) in [6.07, 6.45) is -11.1. The van der Waals surface area contributed by atoms with Gasteiger partial charge in [-0.05, 0) is 40.5 Å². The molecule has 3 aromatic rings. The van der Waals surface area contributed by atoms with Crippen molar-refractivity contribution in [1.82, 2.24) is 5.32 Å². The minimum Gasteiger partial charge on any atom is -0.480 e. The summed E-state index contributed by atoms with van der Waals surface area (Å²) in [5, 5.41) is 11.6. The molecule has 0 aliphatic rings. The summed E-state index contributed by atoms with van der Waals surface area (Å²) in [6.45, 7) is 0.